The first-order valence-electron chi connectivity index (χ1n) is 11.1. The summed E-state index contributed by atoms with van der Waals surface area (Å²) in [6, 6.07) is 27.9. The van der Waals surface area contributed by atoms with Gasteiger partial charge in [0.1, 0.15) is 0 Å². The number of benzene rings is 3. The largest absolute Gasteiger partial charge is 0.355 e. The molecule has 0 bridgehead atoms. The van der Waals surface area contributed by atoms with Gasteiger partial charge in [-0.15, -0.1) is 0 Å². The van der Waals surface area contributed by atoms with Crippen molar-refractivity contribution < 1.29 is 19.1 Å². The first-order valence-corrected chi connectivity index (χ1v) is 11.1. The smallest absolute Gasteiger partial charge is 0.338 e. The highest BCUT2D eigenvalue weighted by molar-refractivity contribution is 5.68. The van der Waals surface area contributed by atoms with Gasteiger partial charge < -0.3 is 4.52 Å². The Kier molecular flexibility index (Phi) is 7.48. The third-order valence-electron chi connectivity index (χ3n) is 5.28. The summed E-state index contributed by atoms with van der Waals surface area (Å²) in [7, 11) is 0. The first kappa shape index (κ1) is 22.3. The van der Waals surface area contributed by atoms with E-state index in [9.17, 15) is 4.79 Å². The van der Waals surface area contributed by atoms with Gasteiger partial charge in [-0.1, -0.05) is 84.9 Å². The summed E-state index contributed by atoms with van der Waals surface area (Å²) in [5.41, 5.74) is 3.30. The maximum atomic E-state index is 11.3. The Hall–Kier alpha value is -3.93. The zero-order valence-electron chi connectivity index (χ0n) is 18.5. The molecule has 4 rings (SSSR count). The Morgan fingerprint density at radius 2 is 1.61 bits per heavy atom. The van der Waals surface area contributed by atoms with Crippen LogP contribution in [0.3, 0.4) is 0 Å². The summed E-state index contributed by atoms with van der Waals surface area (Å²) in [6.07, 6.45) is 2.61. The van der Waals surface area contributed by atoms with E-state index in [2.05, 4.69) is 29.4 Å². The van der Waals surface area contributed by atoms with Crippen molar-refractivity contribution in [1.82, 2.24) is 10.1 Å². The molecule has 6 heteroatoms. The molecule has 33 heavy (non-hydrogen) atoms. The van der Waals surface area contributed by atoms with Crippen molar-refractivity contribution >= 4 is 5.97 Å². The van der Waals surface area contributed by atoms with Crippen LogP contribution in [0, 0.1) is 0 Å². The Morgan fingerprint density at radius 1 is 0.909 bits per heavy atom. The van der Waals surface area contributed by atoms with E-state index in [0.29, 0.717) is 23.9 Å². The summed E-state index contributed by atoms with van der Waals surface area (Å²) >= 11 is 0. The SMILES string of the molecule is CCC(=O)OOc1cccc(CCCc2noc(C(c3ccccc3)c3ccccc3)n2)c1. The van der Waals surface area contributed by atoms with Crippen LogP contribution in [-0.4, -0.2) is 16.1 Å². The molecule has 0 radical (unpaired) electrons. The van der Waals surface area contributed by atoms with Gasteiger partial charge in [-0.3, -0.25) is 9.78 Å². The fourth-order valence-corrected chi connectivity index (χ4v) is 3.61. The second kappa shape index (κ2) is 11.1. The standard InChI is InChI=1S/C27H26N2O4/c1-2-25(30)33-32-23-17-9-11-20(19-23)12-10-18-24-28-27(31-29-24)26(21-13-5-3-6-14-21)22-15-7-4-8-16-22/h3-9,11,13-17,19,26H,2,10,12,18H2,1H3. The molecule has 0 aliphatic heterocycles. The van der Waals surface area contributed by atoms with E-state index < -0.39 is 5.97 Å². The number of hydrogen-bond donors (Lipinski definition) is 0. The van der Waals surface area contributed by atoms with Gasteiger partial charge in [-0.05, 0) is 41.7 Å². The van der Waals surface area contributed by atoms with Gasteiger partial charge in [0.05, 0.1) is 5.92 Å². The van der Waals surface area contributed by atoms with Crippen LogP contribution < -0.4 is 4.89 Å². The summed E-state index contributed by atoms with van der Waals surface area (Å²) in [6.45, 7) is 1.72. The maximum absolute atomic E-state index is 11.3. The van der Waals surface area contributed by atoms with E-state index in [0.717, 1.165) is 29.5 Å². The summed E-state index contributed by atoms with van der Waals surface area (Å²) < 4.78 is 5.69. The van der Waals surface area contributed by atoms with Gasteiger partial charge in [-0.2, -0.15) is 4.98 Å². The maximum Gasteiger partial charge on any atom is 0.355 e. The van der Waals surface area contributed by atoms with Gasteiger partial charge in [0, 0.05) is 12.8 Å². The average molecular weight is 443 g/mol. The molecule has 0 unspecified atom stereocenters. The minimum atomic E-state index is -0.405. The van der Waals surface area contributed by atoms with E-state index in [4.69, 9.17) is 19.3 Å². The zero-order valence-corrected chi connectivity index (χ0v) is 18.5. The van der Waals surface area contributed by atoms with E-state index in [1.165, 1.54) is 0 Å². The van der Waals surface area contributed by atoms with Crippen molar-refractivity contribution in [2.24, 2.45) is 0 Å². The molecule has 0 saturated heterocycles. The molecule has 0 aliphatic rings. The molecule has 0 N–H and O–H groups in total. The lowest BCUT2D eigenvalue weighted by Crippen LogP contribution is -2.06. The van der Waals surface area contributed by atoms with Crippen LogP contribution in [0.2, 0.25) is 0 Å². The van der Waals surface area contributed by atoms with Gasteiger partial charge in [0.25, 0.3) is 0 Å². The number of rotatable bonds is 10. The second-order valence-corrected chi connectivity index (χ2v) is 7.70. The van der Waals surface area contributed by atoms with Crippen molar-refractivity contribution in [3.63, 3.8) is 0 Å². The van der Waals surface area contributed by atoms with Crippen LogP contribution >= 0.6 is 0 Å². The van der Waals surface area contributed by atoms with Crippen molar-refractivity contribution in [2.75, 3.05) is 0 Å². The van der Waals surface area contributed by atoms with Crippen molar-refractivity contribution in [3.05, 3.63) is 113 Å². The molecule has 0 atom stereocenters. The molecule has 1 heterocycles. The Bertz CT molecular complexity index is 1120. The van der Waals surface area contributed by atoms with Crippen molar-refractivity contribution in [2.45, 2.75) is 38.5 Å². The molecule has 1 aromatic heterocycles. The Morgan fingerprint density at radius 3 is 2.27 bits per heavy atom. The molecule has 0 aliphatic carbocycles. The zero-order chi connectivity index (χ0) is 22.9. The quantitative estimate of drug-likeness (QED) is 0.233. The lowest BCUT2D eigenvalue weighted by Gasteiger charge is -2.13. The van der Waals surface area contributed by atoms with Crippen LogP contribution in [0.1, 0.15) is 54.1 Å². The number of aromatic nitrogens is 2. The molecule has 4 aromatic rings. The summed E-state index contributed by atoms with van der Waals surface area (Å²) in [5, 5.41) is 4.23. The highest BCUT2D eigenvalue weighted by Crippen LogP contribution is 2.30. The van der Waals surface area contributed by atoms with Gasteiger partial charge in [-0.25, -0.2) is 4.79 Å². The minimum absolute atomic E-state index is 0.103. The molecule has 0 fully saturated rings. The van der Waals surface area contributed by atoms with E-state index >= 15 is 0 Å². The highest BCUT2D eigenvalue weighted by Gasteiger charge is 2.22. The van der Waals surface area contributed by atoms with Gasteiger partial charge in [0.2, 0.25) is 5.89 Å². The topological polar surface area (TPSA) is 74.5 Å². The number of aryl methyl sites for hydroxylation is 2. The molecule has 0 saturated carbocycles. The molecule has 0 amide bonds. The Labute approximate surface area is 193 Å². The van der Waals surface area contributed by atoms with Crippen LogP contribution in [0.15, 0.2) is 89.5 Å². The summed E-state index contributed by atoms with van der Waals surface area (Å²) in [4.78, 5) is 25.8. The molecule has 6 nitrogen and oxygen atoms in total. The van der Waals surface area contributed by atoms with Gasteiger partial charge >= 0.3 is 5.97 Å². The third kappa shape index (κ3) is 6.07. The molecule has 3 aromatic carbocycles. The van der Waals surface area contributed by atoms with Crippen molar-refractivity contribution in [3.8, 4) is 5.75 Å². The molecular weight excluding hydrogens is 416 g/mol. The number of carbonyl (C=O) groups is 1. The monoisotopic (exact) mass is 442 g/mol. The molecule has 168 valence electrons. The van der Waals surface area contributed by atoms with Crippen LogP contribution in [0.4, 0.5) is 0 Å². The number of hydrogen-bond acceptors (Lipinski definition) is 6. The Balaban J connectivity index is 1.40. The lowest BCUT2D eigenvalue weighted by molar-refractivity contribution is -0.213. The van der Waals surface area contributed by atoms with E-state index in [1.54, 1.807) is 13.0 Å². The fourth-order valence-electron chi connectivity index (χ4n) is 3.61. The third-order valence-corrected chi connectivity index (χ3v) is 5.28. The molecule has 0 spiro atoms. The predicted molar refractivity (Wildman–Crippen MR) is 124 cm³/mol. The fraction of sp³-hybridized carbons (Fsp3) is 0.222. The normalized spacial score (nSPS) is 10.8. The first-order chi connectivity index (χ1) is 16.2. The molecular formula is C27H26N2O4. The van der Waals surface area contributed by atoms with E-state index in [1.807, 2.05) is 54.6 Å². The van der Waals surface area contributed by atoms with Crippen LogP contribution in [-0.2, 0) is 22.5 Å². The average Bonchev–Trinajstić information content (AvgIpc) is 3.32. The number of carbonyl (C=O) groups excluding carboxylic acids is 1. The van der Waals surface area contributed by atoms with Gasteiger partial charge in [0.15, 0.2) is 11.6 Å². The van der Waals surface area contributed by atoms with E-state index in [-0.39, 0.29) is 12.3 Å². The summed E-state index contributed by atoms with van der Waals surface area (Å²) in [5.74, 6) is 1.28. The second-order valence-electron chi connectivity index (χ2n) is 7.70. The predicted octanol–water partition coefficient (Wildman–Crippen LogP) is 5.67. The van der Waals surface area contributed by atoms with Crippen LogP contribution in [0.5, 0.6) is 5.75 Å². The van der Waals surface area contributed by atoms with Crippen molar-refractivity contribution in [1.29, 1.82) is 0 Å². The van der Waals surface area contributed by atoms with Crippen LogP contribution in [0.25, 0.3) is 0 Å². The highest BCUT2D eigenvalue weighted by atomic mass is 17.2. The minimum Gasteiger partial charge on any atom is -0.338 e. The lowest BCUT2D eigenvalue weighted by atomic mass is 9.91. The number of nitrogens with zero attached hydrogens (tertiary/aromatic N) is 2.